The first kappa shape index (κ1) is 21.8. The van der Waals surface area contributed by atoms with E-state index in [1.807, 2.05) is 60.7 Å². The maximum atomic E-state index is 13.2. The van der Waals surface area contributed by atoms with Crippen molar-refractivity contribution < 1.29 is 0 Å². The van der Waals surface area contributed by atoms with Crippen LogP contribution in [0.4, 0.5) is 0 Å². The molecule has 0 aliphatic heterocycles. The van der Waals surface area contributed by atoms with Gasteiger partial charge in [0.25, 0.3) is 5.56 Å². The van der Waals surface area contributed by atoms with Crippen LogP contribution >= 0.6 is 39.3 Å². The van der Waals surface area contributed by atoms with Crippen molar-refractivity contribution in [2.24, 2.45) is 5.10 Å². The quantitative estimate of drug-likeness (QED) is 0.267. The molecule has 4 aromatic rings. The van der Waals surface area contributed by atoms with Crippen LogP contribution in [0.2, 0.25) is 5.02 Å². The monoisotopic (exact) mass is 511 g/mol. The van der Waals surface area contributed by atoms with E-state index in [0.29, 0.717) is 28.2 Å². The normalized spacial score (nSPS) is 11.5. The van der Waals surface area contributed by atoms with Gasteiger partial charge >= 0.3 is 0 Å². The van der Waals surface area contributed by atoms with Gasteiger partial charge in [-0.15, -0.1) is 0 Å². The lowest BCUT2D eigenvalue weighted by Gasteiger charge is -2.09. The van der Waals surface area contributed by atoms with Crippen LogP contribution < -0.4 is 5.56 Å². The van der Waals surface area contributed by atoms with Crippen LogP contribution in [0.15, 0.2) is 90.9 Å². The summed E-state index contributed by atoms with van der Waals surface area (Å²) in [5, 5.41) is 5.80. The molecule has 0 bridgehead atoms. The highest BCUT2D eigenvalue weighted by molar-refractivity contribution is 9.10. The van der Waals surface area contributed by atoms with Crippen molar-refractivity contribution in [2.75, 3.05) is 0 Å². The molecule has 0 unspecified atom stereocenters. The summed E-state index contributed by atoms with van der Waals surface area (Å²) in [5.41, 5.74) is 1.43. The maximum absolute atomic E-state index is 13.2. The average Bonchev–Trinajstić information content (AvgIpc) is 2.77. The first-order valence-corrected chi connectivity index (χ1v) is 11.8. The van der Waals surface area contributed by atoms with Gasteiger partial charge in [0.1, 0.15) is 5.82 Å². The fourth-order valence-corrected chi connectivity index (χ4v) is 4.53. The minimum absolute atomic E-state index is 0.172. The molecular weight excluding hydrogens is 494 g/mol. The Balaban J connectivity index is 1.75. The van der Waals surface area contributed by atoms with Crippen molar-refractivity contribution in [3.05, 3.63) is 98.0 Å². The zero-order valence-electron chi connectivity index (χ0n) is 16.8. The van der Waals surface area contributed by atoms with Crippen LogP contribution in [0.3, 0.4) is 0 Å². The van der Waals surface area contributed by atoms with Crippen LogP contribution in [0.25, 0.3) is 10.9 Å². The van der Waals surface area contributed by atoms with Crippen molar-refractivity contribution >= 4 is 56.4 Å². The van der Waals surface area contributed by atoms with Gasteiger partial charge in [-0.05, 0) is 55.0 Å². The lowest BCUT2D eigenvalue weighted by Crippen LogP contribution is -2.22. The molecule has 3 aromatic carbocycles. The second-order valence-corrected chi connectivity index (χ2v) is 9.36. The summed E-state index contributed by atoms with van der Waals surface area (Å²) < 4.78 is 2.25. The zero-order valence-corrected chi connectivity index (χ0v) is 19.9. The van der Waals surface area contributed by atoms with Gasteiger partial charge in [0.2, 0.25) is 0 Å². The van der Waals surface area contributed by atoms with Crippen molar-refractivity contribution in [2.45, 2.75) is 29.6 Å². The average molecular weight is 513 g/mol. The molecule has 31 heavy (non-hydrogen) atoms. The number of nitrogens with zero attached hydrogens (tertiary/aromatic N) is 3. The summed E-state index contributed by atoms with van der Waals surface area (Å²) in [6.07, 6.45) is 3.26. The summed E-state index contributed by atoms with van der Waals surface area (Å²) in [6, 6.07) is 21.2. The highest BCUT2D eigenvalue weighted by atomic mass is 79.9. The van der Waals surface area contributed by atoms with Gasteiger partial charge in [-0.1, -0.05) is 64.4 Å². The molecule has 1 aromatic heterocycles. The Kier molecular flexibility index (Phi) is 6.90. The zero-order chi connectivity index (χ0) is 21.8. The minimum Gasteiger partial charge on any atom is -0.267 e. The van der Waals surface area contributed by atoms with Gasteiger partial charge in [0, 0.05) is 31.3 Å². The largest absolute Gasteiger partial charge is 0.282 e. The van der Waals surface area contributed by atoms with Gasteiger partial charge in [-0.25, -0.2) is 4.98 Å². The van der Waals surface area contributed by atoms with Crippen molar-refractivity contribution in [1.29, 1.82) is 0 Å². The first-order chi connectivity index (χ1) is 15.0. The van der Waals surface area contributed by atoms with E-state index in [2.05, 4.69) is 32.9 Å². The molecule has 0 saturated carbocycles. The van der Waals surface area contributed by atoms with Crippen LogP contribution in [0.1, 0.15) is 24.7 Å². The molecule has 0 amide bonds. The lowest BCUT2D eigenvalue weighted by atomic mass is 10.2. The molecule has 0 fully saturated rings. The predicted molar refractivity (Wildman–Crippen MR) is 133 cm³/mol. The van der Waals surface area contributed by atoms with Gasteiger partial charge in [0.05, 0.1) is 17.1 Å². The highest BCUT2D eigenvalue weighted by Crippen LogP contribution is 2.30. The summed E-state index contributed by atoms with van der Waals surface area (Å²) in [6.45, 7) is 2.06. The van der Waals surface area contributed by atoms with Crippen LogP contribution in [0.5, 0.6) is 0 Å². The van der Waals surface area contributed by atoms with E-state index in [-0.39, 0.29) is 5.56 Å². The van der Waals surface area contributed by atoms with Gasteiger partial charge in [-0.2, -0.15) is 9.78 Å². The first-order valence-electron chi connectivity index (χ1n) is 9.83. The van der Waals surface area contributed by atoms with E-state index in [0.717, 1.165) is 26.2 Å². The third-order valence-electron chi connectivity index (χ3n) is 4.62. The van der Waals surface area contributed by atoms with E-state index in [4.69, 9.17) is 11.6 Å². The highest BCUT2D eigenvalue weighted by Gasteiger charge is 2.11. The molecule has 0 aliphatic rings. The van der Waals surface area contributed by atoms with Crippen molar-refractivity contribution in [3.8, 4) is 0 Å². The molecule has 4 rings (SSSR count). The van der Waals surface area contributed by atoms with Gasteiger partial charge < -0.3 is 0 Å². The maximum Gasteiger partial charge on any atom is 0.282 e. The topological polar surface area (TPSA) is 47.2 Å². The van der Waals surface area contributed by atoms with Crippen LogP contribution in [0, 0.1) is 0 Å². The standard InChI is InChI=1S/C24H19BrClN3OS/c1-2-5-23-28-21-13-8-17(25)14-20(21)24(30)29(23)27-15-16-6-3-4-7-22(16)31-19-11-9-18(26)10-12-19/h3-4,6-15H,2,5H2,1H3. The number of aromatic nitrogens is 2. The van der Waals surface area contributed by atoms with Crippen LogP contribution in [-0.2, 0) is 6.42 Å². The molecule has 0 aliphatic carbocycles. The molecule has 1 heterocycles. The number of rotatable bonds is 6. The lowest BCUT2D eigenvalue weighted by molar-refractivity contribution is 0.703. The van der Waals surface area contributed by atoms with Crippen LogP contribution in [-0.4, -0.2) is 15.9 Å². The predicted octanol–water partition coefficient (Wildman–Crippen LogP) is 6.80. The Morgan fingerprint density at radius 3 is 2.68 bits per heavy atom. The summed E-state index contributed by atoms with van der Waals surface area (Å²) in [7, 11) is 0. The molecule has 0 radical (unpaired) electrons. The number of hydrogen-bond acceptors (Lipinski definition) is 4. The Hall–Kier alpha value is -2.41. The third kappa shape index (κ3) is 5.09. The Morgan fingerprint density at radius 1 is 1.13 bits per heavy atom. The molecule has 0 spiro atoms. The van der Waals surface area contributed by atoms with Gasteiger partial charge in [0.15, 0.2) is 0 Å². The molecule has 0 atom stereocenters. The van der Waals surface area contributed by atoms with E-state index >= 15 is 0 Å². The van der Waals surface area contributed by atoms with E-state index < -0.39 is 0 Å². The fraction of sp³-hybridized carbons (Fsp3) is 0.125. The molecule has 156 valence electrons. The fourth-order valence-electron chi connectivity index (χ4n) is 3.13. The molecule has 0 N–H and O–H groups in total. The number of fused-ring (bicyclic) bond motifs is 1. The van der Waals surface area contributed by atoms with Crippen molar-refractivity contribution in [1.82, 2.24) is 9.66 Å². The SMILES string of the molecule is CCCc1nc2ccc(Br)cc2c(=O)n1N=Cc1ccccc1Sc1ccc(Cl)cc1. The number of hydrogen-bond donors (Lipinski definition) is 0. The second-order valence-electron chi connectivity index (χ2n) is 6.89. The van der Waals surface area contributed by atoms with E-state index in [1.165, 1.54) is 4.68 Å². The smallest absolute Gasteiger partial charge is 0.267 e. The minimum atomic E-state index is -0.172. The van der Waals surface area contributed by atoms with E-state index in [1.54, 1.807) is 24.0 Å². The summed E-state index contributed by atoms with van der Waals surface area (Å²) in [5.74, 6) is 0.654. The van der Waals surface area contributed by atoms with Crippen molar-refractivity contribution in [3.63, 3.8) is 0 Å². The third-order valence-corrected chi connectivity index (χ3v) is 6.47. The van der Waals surface area contributed by atoms with Gasteiger partial charge in [-0.3, -0.25) is 4.79 Å². The molecular formula is C24H19BrClN3OS. The summed E-state index contributed by atoms with van der Waals surface area (Å²) >= 11 is 11.1. The Morgan fingerprint density at radius 2 is 1.90 bits per heavy atom. The molecule has 7 heteroatoms. The number of aryl methyl sites for hydroxylation is 1. The van der Waals surface area contributed by atoms with E-state index in [9.17, 15) is 4.79 Å². The number of benzene rings is 3. The summed E-state index contributed by atoms with van der Waals surface area (Å²) in [4.78, 5) is 20.0. The Labute approximate surface area is 198 Å². The Bertz CT molecular complexity index is 1320. The second kappa shape index (κ2) is 9.81. The molecule has 0 saturated heterocycles. The molecule has 4 nitrogen and oxygen atoms in total. The number of halogens is 2.